The largest absolute Gasteiger partial charge is 0.341 e. The molecule has 19 heavy (non-hydrogen) atoms. The van der Waals surface area contributed by atoms with Crippen molar-refractivity contribution in [2.24, 2.45) is 5.73 Å². The van der Waals surface area contributed by atoms with Gasteiger partial charge in [-0.05, 0) is 25.6 Å². The van der Waals surface area contributed by atoms with Gasteiger partial charge in [-0.25, -0.2) is 0 Å². The molecule has 0 radical (unpaired) electrons. The summed E-state index contributed by atoms with van der Waals surface area (Å²) in [6.07, 6.45) is 1.04. The van der Waals surface area contributed by atoms with E-state index in [0.717, 1.165) is 38.2 Å². The highest BCUT2D eigenvalue weighted by atomic mass is 16.2. The molecule has 104 valence electrons. The molecule has 0 saturated carbocycles. The Kier molecular flexibility index (Phi) is 4.93. The summed E-state index contributed by atoms with van der Waals surface area (Å²) in [6.45, 7) is 4.01. The number of amides is 1. The van der Waals surface area contributed by atoms with Crippen molar-refractivity contribution in [3.63, 3.8) is 0 Å². The third-order valence-electron chi connectivity index (χ3n) is 3.77. The number of hydrogen-bond acceptors (Lipinski definition) is 3. The molecule has 2 rings (SSSR count). The monoisotopic (exact) mass is 261 g/mol. The first-order valence-corrected chi connectivity index (χ1v) is 6.94. The topological polar surface area (TPSA) is 49.6 Å². The second-order valence-corrected chi connectivity index (χ2v) is 5.18. The first-order valence-electron chi connectivity index (χ1n) is 6.94. The fraction of sp³-hybridized carbons (Fsp3) is 0.533. The van der Waals surface area contributed by atoms with E-state index in [9.17, 15) is 4.79 Å². The standard InChI is InChI=1S/C15H23N3O/c1-17-8-5-9-18(11-10-17)15(19)14(12-16)13-6-3-2-4-7-13/h2-4,6-7,14H,5,8-12,16H2,1H3. The number of carbonyl (C=O) groups excluding carboxylic acids is 1. The van der Waals surface area contributed by atoms with E-state index in [1.165, 1.54) is 0 Å². The zero-order valence-corrected chi connectivity index (χ0v) is 11.6. The van der Waals surface area contributed by atoms with Gasteiger partial charge in [-0.2, -0.15) is 0 Å². The molecule has 1 heterocycles. The summed E-state index contributed by atoms with van der Waals surface area (Å²) in [4.78, 5) is 16.9. The average molecular weight is 261 g/mol. The Morgan fingerprint density at radius 2 is 1.95 bits per heavy atom. The highest BCUT2D eigenvalue weighted by Crippen LogP contribution is 2.18. The normalized spacial score (nSPS) is 18.9. The van der Waals surface area contributed by atoms with E-state index in [-0.39, 0.29) is 11.8 Å². The molecular formula is C15H23N3O. The second-order valence-electron chi connectivity index (χ2n) is 5.18. The average Bonchev–Trinajstić information content (AvgIpc) is 2.65. The number of nitrogens with zero attached hydrogens (tertiary/aromatic N) is 2. The maximum absolute atomic E-state index is 12.6. The number of likely N-dealkylation sites (N-methyl/N-ethyl adjacent to an activating group) is 1. The molecule has 0 aliphatic carbocycles. The lowest BCUT2D eigenvalue weighted by Crippen LogP contribution is -2.40. The van der Waals surface area contributed by atoms with Crippen molar-refractivity contribution in [3.8, 4) is 0 Å². The van der Waals surface area contributed by atoms with Gasteiger partial charge in [-0.1, -0.05) is 30.3 Å². The fourth-order valence-electron chi connectivity index (χ4n) is 2.55. The lowest BCUT2D eigenvalue weighted by atomic mass is 9.97. The van der Waals surface area contributed by atoms with Crippen molar-refractivity contribution < 1.29 is 4.79 Å². The Labute approximate surface area is 115 Å². The molecule has 0 bridgehead atoms. The van der Waals surface area contributed by atoms with Gasteiger partial charge in [0.2, 0.25) is 5.91 Å². The Balaban J connectivity index is 2.08. The van der Waals surface area contributed by atoms with E-state index in [2.05, 4.69) is 11.9 Å². The minimum absolute atomic E-state index is 0.170. The van der Waals surface area contributed by atoms with Crippen LogP contribution in [0.15, 0.2) is 30.3 Å². The van der Waals surface area contributed by atoms with Crippen LogP contribution in [0.3, 0.4) is 0 Å². The van der Waals surface area contributed by atoms with Crippen LogP contribution in [0.5, 0.6) is 0 Å². The summed E-state index contributed by atoms with van der Waals surface area (Å²) in [6, 6.07) is 9.85. The Hall–Kier alpha value is -1.39. The smallest absolute Gasteiger partial charge is 0.231 e. The van der Waals surface area contributed by atoms with Crippen molar-refractivity contribution in [1.29, 1.82) is 0 Å². The lowest BCUT2D eigenvalue weighted by Gasteiger charge is -2.25. The molecule has 4 heteroatoms. The fourth-order valence-corrected chi connectivity index (χ4v) is 2.55. The van der Waals surface area contributed by atoms with Gasteiger partial charge < -0.3 is 15.5 Å². The van der Waals surface area contributed by atoms with Gasteiger partial charge in [0, 0.05) is 26.2 Å². The first-order chi connectivity index (χ1) is 9.22. The molecule has 1 aromatic rings. The minimum atomic E-state index is -0.204. The zero-order chi connectivity index (χ0) is 13.7. The number of rotatable bonds is 3. The highest BCUT2D eigenvalue weighted by molar-refractivity contribution is 5.84. The summed E-state index contributed by atoms with van der Waals surface area (Å²) in [5.74, 6) is -0.0337. The first kappa shape index (κ1) is 14.0. The van der Waals surface area contributed by atoms with Gasteiger partial charge in [0.1, 0.15) is 0 Å². The molecule has 1 saturated heterocycles. The zero-order valence-electron chi connectivity index (χ0n) is 11.6. The van der Waals surface area contributed by atoms with Gasteiger partial charge >= 0.3 is 0 Å². The van der Waals surface area contributed by atoms with E-state index in [1.807, 2.05) is 35.2 Å². The van der Waals surface area contributed by atoms with E-state index >= 15 is 0 Å². The van der Waals surface area contributed by atoms with Crippen LogP contribution in [-0.4, -0.2) is 55.5 Å². The third kappa shape index (κ3) is 3.55. The van der Waals surface area contributed by atoms with Crippen molar-refractivity contribution in [1.82, 2.24) is 9.80 Å². The maximum atomic E-state index is 12.6. The molecule has 1 aliphatic heterocycles. The summed E-state index contributed by atoms with van der Waals surface area (Å²) in [5.41, 5.74) is 6.84. The molecule has 1 aliphatic rings. The number of nitrogens with two attached hydrogens (primary N) is 1. The molecule has 1 amide bonds. The maximum Gasteiger partial charge on any atom is 0.231 e. The predicted octanol–water partition coefficient (Wildman–Crippen LogP) is 0.893. The Bertz CT molecular complexity index is 407. The quantitative estimate of drug-likeness (QED) is 0.879. The van der Waals surface area contributed by atoms with E-state index in [4.69, 9.17) is 5.73 Å². The summed E-state index contributed by atoms with van der Waals surface area (Å²) < 4.78 is 0. The van der Waals surface area contributed by atoms with E-state index in [0.29, 0.717) is 6.54 Å². The number of benzene rings is 1. The van der Waals surface area contributed by atoms with E-state index in [1.54, 1.807) is 0 Å². The van der Waals surface area contributed by atoms with Crippen molar-refractivity contribution >= 4 is 5.91 Å². The molecule has 1 aromatic carbocycles. The van der Waals surface area contributed by atoms with Crippen LogP contribution < -0.4 is 5.73 Å². The van der Waals surface area contributed by atoms with Crippen molar-refractivity contribution in [2.45, 2.75) is 12.3 Å². The van der Waals surface area contributed by atoms with Gasteiger partial charge in [-0.15, -0.1) is 0 Å². The highest BCUT2D eigenvalue weighted by Gasteiger charge is 2.25. The van der Waals surface area contributed by atoms with Crippen LogP contribution in [0.1, 0.15) is 17.9 Å². The van der Waals surface area contributed by atoms with Crippen LogP contribution >= 0.6 is 0 Å². The van der Waals surface area contributed by atoms with Crippen LogP contribution in [0.2, 0.25) is 0 Å². The number of hydrogen-bond donors (Lipinski definition) is 1. The molecule has 0 aromatic heterocycles. The van der Waals surface area contributed by atoms with Crippen LogP contribution in [0.25, 0.3) is 0 Å². The molecule has 1 unspecified atom stereocenters. The second kappa shape index (κ2) is 6.68. The molecular weight excluding hydrogens is 238 g/mol. The summed E-state index contributed by atoms with van der Waals surface area (Å²) in [5, 5.41) is 0. The predicted molar refractivity (Wildman–Crippen MR) is 76.9 cm³/mol. The lowest BCUT2D eigenvalue weighted by molar-refractivity contribution is -0.132. The van der Waals surface area contributed by atoms with Gasteiger partial charge in [0.15, 0.2) is 0 Å². The summed E-state index contributed by atoms with van der Waals surface area (Å²) in [7, 11) is 2.10. The van der Waals surface area contributed by atoms with Crippen LogP contribution in [-0.2, 0) is 4.79 Å². The summed E-state index contributed by atoms with van der Waals surface area (Å²) >= 11 is 0. The Morgan fingerprint density at radius 3 is 2.63 bits per heavy atom. The number of carbonyl (C=O) groups is 1. The van der Waals surface area contributed by atoms with Crippen molar-refractivity contribution in [2.75, 3.05) is 39.8 Å². The van der Waals surface area contributed by atoms with Gasteiger partial charge in [0.25, 0.3) is 0 Å². The molecule has 1 atom stereocenters. The Morgan fingerprint density at radius 1 is 1.21 bits per heavy atom. The van der Waals surface area contributed by atoms with Crippen LogP contribution in [0.4, 0.5) is 0 Å². The van der Waals surface area contributed by atoms with Gasteiger partial charge in [-0.3, -0.25) is 4.79 Å². The van der Waals surface area contributed by atoms with E-state index < -0.39 is 0 Å². The molecule has 0 spiro atoms. The minimum Gasteiger partial charge on any atom is -0.341 e. The molecule has 1 fully saturated rings. The SMILES string of the molecule is CN1CCCN(C(=O)C(CN)c2ccccc2)CC1. The molecule has 4 nitrogen and oxygen atoms in total. The molecule has 2 N–H and O–H groups in total. The van der Waals surface area contributed by atoms with Crippen LogP contribution in [0, 0.1) is 0 Å². The van der Waals surface area contributed by atoms with Gasteiger partial charge in [0.05, 0.1) is 5.92 Å². The third-order valence-corrected chi connectivity index (χ3v) is 3.77. The van der Waals surface area contributed by atoms with Crippen molar-refractivity contribution in [3.05, 3.63) is 35.9 Å².